The van der Waals surface area contributed by atoms with Crippen molar-refractivity contribution in [3.63, 3.8) is 0 Å². The zero-order valence-corrected chi connectivity index (χ0v) is 44.6. The van der Waals surface area contributed by atoms with Crippen molar-refractivity contribution in [2.75, 3.05) is 26.4 Å². The number of phosphoric acid groups is 1. The van der Waals surface area contributed by atoms with Crippen LogP contribution in [0.15, 0.2) is 109 Å². The lowest BCUT2D eigenvalue weighted by Gasteiger charge is -2.19. The molecule has 0 aromatic rings. The van der Waals surface area contributed by atoms with Crippen molar-refractivity contribution < 1.29 is 37.6 Å². The zero-order chi connectivity index (χ0) is 50.2. The van der Waals surface area contributed by atoms with E-state index in [4.69, 9.17) is 24.3 Å². The SMILES string of the molecule is CC/C=C\C/C=C\C/C=C\C/C=C\C/C=C\C/C=C\C/C=C\C/C=C\CCCCCCCCCCCCC(=O)OC(COC(=O)CCCCCCC/C=C\CCCCCC)COP(=O)(O)OCCN. The minimum Gasteiger partial charge on any atom is -0.462 e. The van der Waals surface area contributed by atoms with Gasteiger partial charge in [-0.25, -0.2) is 4.57 Å². The summed E-state index contributed by atoms with van der Waals surface area (Å²) in [6, 6.07) is 0. The first kappa shape index (κ1) is 65.7. The van der Waals surface area contributed by atoms with Gasteiger partial charge in [0.1, 0.15) is 6.61 Å². The van der Waals surface area contributed by atoms with E-state index < -0.39 is 32.5 Å². The number of carbonyl (C=O) groups is 2. The first-order chi connectivity index (χ1) is 33.8. The molecule has 0 saturated carbocycles. The molecule has 0 aliphatic heterocycles. The molecule has 0 rings (SSSR count). The van der Waals surface area contributed by atoms with Gasteiger partial charge in [-0.05, 0) is 103 Å². The summed E-state index contributed by atoms with van der Waals surface area (Å²) in [4.78, 5) is 35.0. The van der Waals surface area contributed by atoms with Crippen LogP contribution in [0, 0.1) is 0 Å². The van der Waals surface area contributed by atoms with Crippen molar-refractivity contribution in [1.82, 2.24) is 0 Å². The van der Waals surface area contributed by atoms with Gasteiger partial charge in [0.25, 0.3) is 0 Å². The molecule has 0 aromatic carbocycles. The van der Waals surface area contributed by atoms with Gasteiger partial charge < -0.3 is 20.1 Å². The maximum absolute atomic E-state index is 12.7. The molecule has 0 spiro atoms. The Morgan fingerprint density at radius 1 is 0.449 bits per heavy atom. The Kier molecular flexibility index (Phi) is 51.4. The fraction of sp³-hybridized carbons (Fsp3) is 0.661. The third kappa shape index (κ3) is 53.9. The lowest BCUT2D eigenvalue weighted by Crippen LogP contribution is -2.29. The number of rotatable bonds is 50. The smallest absolute Gasteiger partial charge is 0.462 e. The van der Waals surface area contributed by atoms with Gasteiger partial charge in [0.05, 0.1) is 13.2 Å². The number of nitrogens with two attached hydrogens (primary N) is 1. The van der Waals surface area contributed by atoms with Crippen LogP contribution in [0.4, 0.5) is 0 Å². The molecule has 0 amide bonds. The van der Waals surface area contributed by atoms with Crippen LogP contribution in [0.5, 0.6) is 0 Å². The number of allylic oxidation sites excluding steroid dienone is 18. The van der Waals surface area contributed by atoms with Crippen molar-refractivity contribution >= 4 is 19.8 Å². The van der Waals surface area contributed by atoms with E-state index in [1.165, 1.54) is 70.6 Å². The van der Waals surface area contributed by atoms with E-state index in [1.807, 2.05) is 0 Å². The number of ether oxygens (including phenoxy) is 2. The highest BCUT2D eigenvalue weighted by Crippen LogP contribution is 2.43. The number of unbranched alkanes of at least 4 members (excludes halogenated alkanes) is 19. The number of hydrogen-bond donors (Lipinski definition) is 2. The van der Waals surface area contributed by atoms with E-state index >= 15 is 0 Å². The Labute approximate surface area is 422 Å². The maximum Gasteiger partial charge on any atom is 0.472 e. The molecule has 0 aliphatic rings. The van der Waals surface area contributed by atoms with E-state index in [0.717, 1.165) is 116 Å². The molecular weight excluding hydrogens is 882 g/mol. The van der Waals surface area contributed by atoms with Crippen LogP contribution in [0.3, 0.4) is 0 Å². The summed E-state index contributed by atoms with van der Waals surface area (Å²) in [5.41, 5.74) is 5.37. The monoisotopic (exact) mass is 982 g/mol. The summed E-state index contributed by atoms with van der Waals surface area (Å²) in [5, 5.41) is 0. The lowest BCUT2D eigenvalue weighted by atomic mass is 10.0. The van der Waals surface area contributed by atoms with Gasteiger partial charge >= 0.3 is 19.8 Å². The molecule has 2 unspecified atom stereocenters. The summed E-state index contributed by atoms with van der Waals surface area (Å²) in [7, 11) is -4.39. The second-order valence-electron chi connectivity index (χ2n) is 17.7. The van der Waals surface area contributed by atoms with Crippen LogP contribution >= 0.6 is 7.82 Å². The molecule has 0 saturated heterocycles. The Hall–Kier alpha value is -3.33. The Bertz CT molecular complexity index is 1490. The normalized spacial score (nSPS) is 14.0. The average Bonchev–Trinajstić information content (AvgIpc) is 3.34. The van der Waals surface area contributed by atoms with Crippen molar-refractivity contribution in [3.8, 4) is 0 Å². The summed E-state index contributed by atoms with van der Waals surface area (Å²) in [6.45, 7) is 3.58. The number of phosphoric ester groups is 1. The van der Waals surface area contributed by atoms with Gasteiger partial charge in [-0.15, -0.1) is 0 Å². The Morgan fingerprint density at radius 2 is 0.797 bits per heavy atom. The van der Waals surface area contributed by atoms with Gasteiger partial charge in [0, 0.05) is 19.4 Å². The molecule has 0 heterocycles. The molecule has 9 nitrogen and oxygen atoms in total. The molecule has 69 heavy (non-hydrogen) atoms. The van der Waals surface area contributed by atoms with Gasteiger partial charge in [0.2, 0.25) is 0 Å². The molecule has 0 aliphatic carbocycles. The average molecular weight is 982 g/mol. The highest BCUT2D eigenvalue weighted by Gasteiger charge is 2.26. The quantitative estimate of drug-likeness (QED) is 0.0264. The predicted molar refractivity (Wildman–Crippen MR) is 293 cm³/mol. The first-order valence-corrected chi connectivity index (χ1v) is 28.9. The van der Waals surface area contributed by atoms with E-state index in [0.29, 0.717) is 6.42 Å². The van der Waals surface area contributed by atoms with Crippen LogP contribution in [0.1, 0.15) is 219 Å². The molecule has 2 atom stereocenters. The van der Waals surface area contributed by atoms with Gasteiger partial charge in [-0.1, -0.05) is 213 Å². The summed E-state index contributed by atoms with van der Waals surface area (Å²) < 4.78 is 32.9. The summed E-state index contributed by atoms with van der Waals surface area (Å²) >= 11 is 0. The zero-order valence-electron chi connectivity index (χ0n) is 43.8. The van der Waals surface area contributed by atoms with Gasteiger partial charge in [-0.3, -0.25) is 18.6 Å². The topological polar surface area (TPSA) is 134 Å². The van der Waals surface area contributed by atoms with Gasteiger partial charge in [-0.2, -0.15) is 0 Å². The molecule has 0 bridgehead atoms. The van der Waals surface area contributed by atoms with Crippen LogP contribution in [0.2, 0.25) is 0 Å². The van der Waals surface area contributed by atoms with Crippen molar-refractivity contribution in [2.45, 2.75) is 225 Å². The van der Waals surface area contributed by atoms with E-state index in [9.17, 15) is 19.0 Å². The summed E-state index contributed by atoms with van der Waals surface area (Å²) in [5.74, 6) is -0.848. The molecule has 394 valence electrons. The first-order valence-electron chi connectivity index (χ1n) is 27.4. The van der Waals surface area contributed by atoms with E-state index in [2.05, 4.69) is 123 Å². The van der Waals surface area contributed by atoms with E-state index in [-0.39, 0.29) is 32.6 Å². The highest BCUT2D eigenvalue weighted by atomic mass is 31.2. The summed E-state index contributed by atoms with van der Waals surface area (Å²) in [6.07, 6.45) is 72.8. The fourth-order valence-corrected chi connectivity index (χ4v) is 7.88. The second-order valence-corrected chi connectivity index (χ2v) is 19.2. The molecular formula is C59H100NO8P. The molecule has 0 fully saturated rings. The van der Waals surface area contributed by atoms with Crippen molar-refractivity contribution in [2.24, 2.45) is 5.73 Å². The van der Waals surface area contributed by atoms with Crippen LogP contribution in [0.25, 0.3) is 0 Å². The minimum atomic E-state index is -4.39. The third-order valence-electron chi connectivity index (χ3n) is 11.1. The molecule has 0 aromatic heterocycles. The number of esters is 2. The second kappa shape index (κ2) is 54.0. The van der Waals surface area contributed by atoms with Crippen LogP contribution in [-0.4, -0.2) is 49.3 Å². The Balaban J connectivity index is 3.98. The molecule has 3 N–H and O–H groups in total. The molecule has 10 heteroatoms. The van der Waals surface area contributed by atoms with Crippen LogP contribution < -0.4 is 5.73 Å². The lowest BCUT2D eigenvalue weighted by molar-refractivity contribution is -0.161. The predicted octanol–water partition coefficient (Wildman–Crippen LogP) is 17.1. The number of hydrogen-bond acceptors (Lipinski definition) is 8. The largest absolute Gasteiger partial charge is 0.472 e. The fourth-order valence-electron chi connectivity index (χ4n) is 7.12. The highest BCUT2D eigenvalue weighted by molar-refractivity contribution is 7.47. The standard InChI is InChI=1S/C59H100NO8P/c1-3-5-7-9-11-13-15-17-18-19-20-21-22-23-24-25-26-27-28-29-30-31-32-33-34-35-36-37-38-40-42-44-46-48-50-52-59(62)68-57(56-67-69(63,64)66-54-53-60)55-65-58(61)51-49-47-45-43-41-39-16-14-12-10-8-6-4-2/h5,7,11,13-14,16-18,20-21,23-24,26-27,29-30,32-33,57H,3-4,6,8-10,12,15,19,22,25,28,31,34-56,60H2,1-2H3,(H,63,64)/b7-5-,13-11-,16-14-,18-17-,21-20-,24-23-,27-26-,30-29-,33-32-. The Morgan fingerprint density at radius 3 is 1.20 bits per heavy atom. The maximum atomic E-state index is 12.7. The number of carbonyl (C=O) groups excluding carboxylic acids is 2. The van der Waals surface area contributed by atoms with Crippen molar-refractivity contribution in [1.29, 1.82) is 0 Å². The van der Waals surface area contributed by atoms with Gasteiger partial charge in [0.15, 0.2) is 6.10 Å². The third-order valence-corrected chi connectivity index (χ3v) is 12.1. The molecule has 0 radical (unpaired) electrons. The van der Waals surface area contributed by atoms with Crippen LogP contribution in [-0.2, 0) is 32.7 Å². The van der Waals surface area contributed by atoms with E-state index in [1.54, 1.807) is 0 Å². The minimum absolute atomic E-state index is 0.0470. The van der Waals surface area contributed by atoms with Crippen molar-refractivity contribution in [3.05, 3.63) is 109 Å².